The molecule has 0 spiro atoms. The second kappa shape index (κ2) is 2.69. The van der Waals surface area contributed by atoms with Gasteiger partial charge in [0.2, 0.25) is 0 Å². The van der Waals surface area contributed by atoms with Gasteiger partial charge in [-0.3, -0.25) is 0 Å². The van der Waals surface area contributed by atoms with Crippen molar-refractivity contribution in [1.29, 1.82) is 0 Å². The van der Waals surface area contributed by atoms with Gasteiger partial charge >= 0.3 is 12.1 Å². The lowest BCUT2D eigenvalue weighted by atomic mass is 9.98. The monoisotopic (exact) mass is 190 g/mol. The molecule has 0 aromatic heterocycles. The van der Waals surface area contributed by atoms with Gasteiger partial charge in [-0.15, -0.1) is 6.58 Å². The smallest absolute Gasteiger partial charge is 0.379 e. The Balaban J connectivity index is 4.97. The molecule has 1 N–H and O–H groups in total. The first-order chi connectivity index (χ1) is 5.06. The Labute approximate surface area is 65.5 Å². The van der Waals surface area contributed by atoms with E-state index in [4.69, 9.17) is 5.11 Å². The van der Waals surface area contributed by atoms with Crippen LogP contribution in [0.5, 0.6) is 0 Å². The Kier molecular flexibility index (Phi) is 2.54. The van der Waals surface area contributed by atoms with Crippen molar-refractivity contribution >= 4 is 0 Å². The molecule has 0 saturated heterocycles. The van der Waals surface area contributed by atoms with Crippen LogP contribution in [0.2, 0.25) is 0 Å². The number of aliphatic hydroxyl groups is 1. The molecular weight excluding hydrogens is 183 g/mol. The van der Waals surface area contributed by atoms with Gasteiger partial charge < -0.3 is 5.11 Å². The van der Waals surface area contributed by atoms with Crippen LogP contribution >= 0.6 is 0 Å². The topological polar surface area (TPSA) is 20.2 Å². The summed E-state index contributed by atoms with van der Waals surface area (Å²) in [5.74, 6) is -5.18. The van der Waals surface area contributed by atoms with Crippen molar-refractivity contribution in [2.24, 2.45) is 0 Å². The molecule has 6 heteroatoms. The van der Waals surface area contributed by atoms with E-state index >= 15 is 0 Å². The van der Waals surface area contributed by atoms with E-state index in [1.165, 1.54) is 0 Å². The fourth-order valence-corrected chi connectivity index (χ4v) is 0.415. The predicted octanol–water partition coefficient (Wildman–Crippen LogP) is 2.12. The maximum absolute atomic E-state index is 12.3. The van der Waals surface area contributed by atoms with Crippen LogP contribution in [0, 0.1) is 0 Å². The van der Waals surface area contributed by atoms with E-state index in [1.807, 2.05) is 0 Å². The minimum absolute atomic E-state index is 0.153. The maximum Gasteiger partial charge on any atom is 0.456 e. The molecule has 0 rings (SSSR count). The lowest BCUT2D eigenvalue weighted by molar-refractivity contribution is -0.327. The summed E-state index contributed by atoms with van der Waals surface area (Å²) in [5, 5.41) is 8.60. The Morgan fingerprint density at radius 3 is 1.58 bits per heavy atom. The van der Waals surface area contributed by atoms with Crippen LogP contribution in [-0.2, 0) is 0 Å². The van der Waals surface area contributed by atoms with E-state index in [1.54, 1.807) is 0 Å². The van der Waals surface area contributed by atoms with Crippen molar-refractivity contribution in [3.63, 3.8) is 0 Å². The van der Waals surface area contributed by atoms with E-state index in [-0.39, 0.29) is 6.08 Å². The average molecular weight is 190 g/mol. The zero-order chi connectivity index (χ0) is 10.2. The van der Waals surface area contributed by atoms with Gasteiger partial charge in [0.15, 0.2) is 5.60 Å². The van der Waals surface area contributed by atoms with Gasteiger partial charge in [0.05, 0.1) is 0 Å². The van der Waals surface area contributed by atoms with E-state index in [2.05, 4.69) is 6.58 Å². The van der Waals surface area contributed by atoms with Crippen molar-refractivity contribution in [3.05, 3.63) is 12.7 Å². The summed E-state index contributed by atoms with van der Waals surface area (Å²) < 4.78 is 59.2. The van der Waals surface area contributed by atoms with Crippen LogP contribution in [0.25, 0.3) is 0 Å². The highest BCUT2D eigenvalue weighted by molar-refractivity contribution is 5.05. The third-order valence-corrected chi connectivity index (χ3v) is 1.39. The molecule has 0 saturated carbocycles. The first-order valence-corrected chi connectivity index (χ1v) is 2.87. The lowest BCUT2D eigenvalue weighted by Crippen LogP contribution is -2.54. The molecule has 0 aromatic rings. The van der Waals surface area contributed by atoms with E-state index in [0.717, 1.165) is 0 Å². The Morgan fingerprint density at radius 1 is 1.17 bits per heavy atom. The second-order valence-electron chi connectivity index (χ2n) is 2.42. The summed E-state index contributed by atoms with van der Waals surface area (Å²) in [6.07, 6.45) is -5.62. The first kappa shape index (κ1) is 11.4. The lowest BCUT2D eigenvalue weighted by Gasteiger charge is -2.30. The van der Waals surface area contributed by atoms with Gasteiger partial charge in [-0.2, -0.15) is 22.0 Å². The molecular formula is C6H7F5O. The minimum atomic E-state index is -5.77. The molecule has 0 bridgehead atoms. The second-order valence-corrected chi connectivity index (χ2v) is 2.42. The molecule has 12 heavy (non-hydrogen) atoms. The zero-order valence-corrected chi connectivity index (χ0v) is 6.12. The molecule has 72 valence electrons. The summed E-state index contributed by atoms with van der Waals surface area (Å²) in [6.45, 7) is 3.02. The van der Waals surface area contributed by atoms with Crippen molar-refractivity contribution in [3.8, 4) is 0 Å². The summed E-state index contributed by atoms with van der Waals surface area (Å²) in [5.41, 5.74) is -3.27. The third-order valence-electron chi connectivity index (χ3n) is 1.39. The van der Waals surface area contributed by atoms with Crippen molar-refractivity contribution in [2.45, 2.75) is 24.6 Å². The molecule has 0 amide bonds. The Bertz CT molecular complexity index is 181. The van der Waals surface area contributed by atoms with Gasteiger partial charge in [-0.05, 0) is 6.92 Å². The Morgan fingerprint density at radius 2 is 1.50 bits per heavy atom. The van der Waals surface area contributed by atoms with Crippen molar-refractivity contribution < 1.29 is 27.1 Å². The summed E-state index contributed by atoms with van der Waals surface area (Å²) >= 11 is 0. The number of halogens is 5. The first-order valence-electron chi connectivity index (χ1n) is 2.87. The summed E-state index contributed by atoms with van der Waals surface area (Å²) in [4.78, 5) is 0. The van der Waals surface area contributed by atoms with Gasteiger partial charge in [-0.25, -0.2) is 0 Å². The van der Waals surface area contributed by atoms with Crippen LogP contribution < -0.4 is 0 Å². The fraction of sp³-hybridized carbons (Fsp3) is 0.667. The molecule has 0 heterocycles. The highest BCUT2D eigenvalue weighted by atomic mass is 19.4. The van der Waals surface area contributed by atoms with Gasteiger partial charge in [0.25, 0.3) is 0 Å². The number of hydrogen-bond donors (Lipinski definition) is 1. The normalized spacial score (nSPS) is 18.6. The standard InChI is InChI=1S/C6H7F5O/c1-3-4(2,12)5(7,8)6(9,10)11/h3,12H,1H2,2H3/t4-/m0/s1. The van der Waals surface area contributed by atoms with Gasteiger partial charge in [0.1, 0.15) is 0 Å². The summed E-state index contributed by atoms with van der Waals surface area (Å²) in [6, 6.07) is 0. The Hall–Kier alpha value is -0.650. The highest BCUT2D eigenvalue weighted by Crippen LogP contribution is 2.43. The van der Waals surface area contributed by atoms with Crippen LogP contribution in [0.4, 0.5) is 22.0 Å². The van der Waals surface area contributed by atoms with E-state index in [9.17, 15) is 22.0 Å². The molecule has 0 aliphatic carbocycles. The van der Waals surface area contributed by atoms with E-state index < -0.39 is 17.7 Å². The van der Waals surface area contributed by atoms with Crippen molar-refractivity contribution in [2.75, 3.05) is 0 Å². The molecule has 0 aromatic carbocycles. The van der Waals surface area contributed by atoms with Crippen LogP contribution in [-0.4, -0.2) is 22.8 Å². The number of hydrogen-bond acceptors (Lipinski definition) is 1. The molecule has 0 aliphatic heterocycles. The molecule has 0 unspecified atom stereocenters. The van der Waals surface area contributed by atoms with Crippen LogP contribution in [0.15, 0.2) is 12.7 Å². The third kappa shape index (κ3) is 1.57. The van der Waals surface area contributed by atoms with E-state index in [0.29, 0.717) is 6.92 Å². The van der Waals surface area contributed by atoms with Crippen LogP contribution in [0.1, 0.15) is 6.92 Å². The average Bonchev–Trinajstić information content (AvgIpc) is 1.85. The molecule has 0 radical (unpaired) electrons. The van der Waals surface area contributed by atoms with Crippen LogP contribution in [0.3, 0.4) is 0 Å². The van der Waals surface area contributed by atoms with Gasteiger partial charge in [-0.1, -0.05) is 6.08 Å². The molecule has 1 atom stereocenters. The van der Waals surface area contributed by atoms with Gasteiger partial charge in [0, 0.05) is 0 Å². The minimum Gasteiger partial charge on any atom is -0.379 e. The maximum atomic E-state index is 12.3. The molecule has 1 nitrogen and oxygen atoms in total. The largest absolute Gasteiger partial charge is 0.456 e. The predicted molar refractivity (Wildman–Crippen MR) is 31.8 cm³/mol. The fourth-order valence-electron chi connectivity index (χ4n) is 0.415. The molecule has 0 fully saturated rings. The number of rotatable bonds is 2. The quantitative estimate of drug-likeness (QED) is 0.522. The SMILES string of the molecule is C=C[C@](C)(O)C(F)(F)C(F)(F)F. The number of alkyl halides is 5. The summed E-state index contributed by atoms with van der Waals surface area (Å²) in [7, 11) is 0. The van der Waals surface area contributed by atoms with Crippen molar-refractivity contribution in [1.82, 2.24) is 0 Å². The zero-order valence-electron chi connectivity index (χ0n) is 6.12. The molecule has 0 aliphatic rings. The highest BCUT2D eigenvalue weighted by Gasteiger charge is 2.66.